The van der Waals surface area contributed by atoms with Gasteiger partial charge in [0.25, 0.3) is 0 Å². The zero-order valence-electron chi connectivity index (χ0n) is 14.2. The number of hydrogen-bond acceptors (Lipinski definition) is 4. The first-order valence-corrected chi connectivity index (χ1v) is 10.1. The van der Waals surface area contributed by atoms with Crippen molar-refractivity contribution in [2.45, 2.75) is 4.90 Å². The molecule has 27 heavy (non-hydrogen) atoms. The molecule has 0 spiro atoms. The van der Waals surface area contributed by atoms with Crippen molar-refractivity contribution >= 4 is 42.7 Å². The Balaban J connectivity index is 1.76. The summed E-state index contributed by atoms with van der Waals surface area (Å²) < 4.78 is 44.8. The van der Waals surface area contributed by atoms with Crippen molar-refractivity contribution in [3.05, 3.63) is 71.0 Å². The normalized spacial score (nSPS) is 11.7. The molecule has 0 fully saturated rings. The van der Waals surface area contributed by atoms with Crippen molar-refractivity contribution in [1.82, 2.24) is 4.31 Å². The smallest absolute Gasteiger partial charge is 0.326 e. The molecule has 0 unspecified atom stereocenters. The summed E-state index contributed by atoms with van der Waals surface area (Å²) in [6.45, 7) is -0.487. The van der Waals surface area contributed by atoms with Crippen LogP contribution in [0.2, 0.25) is 0 Å². The van der Waals surface area contributed by atoms with Gasteiger partial charge < -0.3 is 4.74 Å². The number of rotatable bonds is 5. The molecule has 0 bridgehead atoms. The highest BCUT2D eigenvalue weighted by Gasteiger charge is 2.24. The van der Waals surface area contributed by atoms with Crippen LogP contribution in [-0.4, -0.2) is 32.3 Å². The number of carbonyl (C=O) groups is 1. The Bertz CT molecular complexity index is 1120. The molecule has 0 N–H and O–H groups in total. The maximum Gasteiger partial charge on any atom is 0.326 e. The van der Waals surface area contributed by atoms with Crippen molar-refractivity contribution in [2.75, 3.05) is 13.6 Å². The predicted molar refractivity (Wildman–Crippen MR) is 103 cm³/mol. The Morgan fingerprint density at radius 3 is 2.48 bits per heavy atom. The van der Waals surface area contributed by atoms with Crippen molar-refractivity contribution in [3.8, 4) is 5.75 Å². The number of nitrogens with zero attached hydrogens (tertiary/aromatic N) is 1. The summed E-state index contributed by atoms with van der Waals surface area (Å²) in [6.07, 6.45) is 0. The Labute approximate surface area is 164 Å². The quantitative estimate of drug-likeness (QED) is 0.434. The van der Waals surface area contributed by atoms with Gasteiger partial charge in [-0.15, -0.1) is 0 Å². The van der Waals surface area contributed by atoms with Crippen LogP contribution in [0.25, 0.3) is 10.8 Å². The van der Waals surface area contributed by atoms with Gasteiger partial charge in [-0.25, -0.2) is 12.8 Å². The zero-order valence-corrected chi connectivity index (χ0v) is 16.6. The Hall–Kier alpha value is -2.29. The predicted octanol–water partition coefficient (Wildman–Crippen LogP) is 3.97. The molecule has 3 aromatic carbocycles. The molecule has 140 valence electrons. The van der Waals surface area contributed by atoms with E-state index in [9.17, 15) is 17.6 Å². The van der Waals surface area contributed by atoms with E-state index in [0.29, 0.717) is 0 Å². The number of fused-ring (bicyclic) bond motifs is 1. The molecule has 0 aliphatic rings. The van der Waals surface area contributed by atoms with E-state index in [-0.39, 0.29) is 15.1 Å². The number of benzene rings is 3. The average molecular weight is 452 g/mol. The van der Waals surface area contributed by atoms with Gasteiger partial charge in [0.1, 0.15) is 18.1 Å². The lowest BCUT2D eigenvalue weighted by molar-refractivity contribution is -0.134. The van der Waals surface area contributed by atoms with Crippen LogP contribution in [0.5, 0.6) is 5.75 Å². The molecule has 5 nitrogen and oxygen atoms in total. The lowest BCUT2D eigenvalue weighted by Gasteiger charge is -2.17. The number of sulfonamides is 1. The molecule has 0 amide bonds. The summed E-state index contributed by atoms with van der Waals surface area (Å²) in [6, 6.07) is 15.7. The van der Waals surface area contributed by atoms with Gasteiger partial charge >= 0.3 is 5.97 Å². The number of halogens is 2. The van der Waals surface area contributed by atoms with Crippen molar-refractivity contribution in [2.24, 2.45) is 0 Å². The number of likely N-dealkylation sites (N-methyl/N-ethyl adjacent to an activating group) is 1. The number of carbonyl (C=O) groups excluding carboxylic acids is 1. The Morgan fingerprint density at radius 1 is 1.07 bits per heavy atom. The number of hydrogen-bond donors (Lipinski definition) is 0. The Kier molecular flexibility index (Phi) is 5.59. The molecule has 0 heterocycles. The zero-order chi connectivity index (χ0) is 19.6. The van der Waals surface area contributed by atoms with E-state index in [4.69, 9.17) is 4.74 Å². The molecule has 0 aliphatic carbocycles. The van der Waals surface area contributed by atoms with Crippen LogP contribution in [0.4, 0.5) is 4.39 Å². The fourth-order valence-electron chi connectivity index (χ4n) is 2.49. The van der Waals surface area contributed by atoms with Gasteiger partial charge in [-0.05, 0) is 57.0 Å². The van der Waals surface area contributed by atoms with Gasteiger partial charge in [0.05, 0.1) is 9.37 Å². The van der Waals surface area contributed by atoms with Crippen molar-refractivity contribution < 1.29 is 22.3 Å². The lowest BCUT2D eigenvalue weighted by Crippen LogP contribution is -2.34. The average Bonchev–Trinajstić information content (AvgIpc) is 2.63. The van der Waals surface area contributed by atoms with Crippen LogP contribution in [0.3, 0.4) is 0 Å². The van der Waals surface area contributed by atoms with Crippen molar-refractivity contribution in [1.29, 1.82) is 0 Å². The SMILES string of the molecule is CN(CC(=O)Oc1ccc(F)cc1Br)S(=O)(=O)c1ccc2ccccc2c1. The second-order valence-corrected chi connectivity index (χ2v) is 8.72. The summed E-state index contributed by atoms with van der Waals surface area (Å²) in [5.41, 5.74) is 0. The minimum atomic E-state index is -3.87. The third-order valence-electron chi connectivity index (χ3n) is 3.90. The highest BCUT2D eigenvalue weighted by Crippen LogP contribution is 2.26. The minimum Gasteiger partial charge on any atom is -0.424 e. The first-order chi connectivity index (χ1) is 12.8. The van der Waals surface area contributed by atoms with Crippen LogP contribution < -0.4 is 4.74 Å². The monoisotopic (exact) mass is 451 g/mol. The standard InChI is InChI=1S/C19H15BrFNO4S/c1-22(12-19(23)26-18-9-7-15(21)11-17(18)20)27(24,25)16-8-6-13-4-2-3-5-14(13)10-16/h2-11H,12H2,1H3. The minimum absolute atomic E-state index is 0.0828. The number of esters is 1. The molecule has 3 aromatic rings. The van der Waals surface area contributed by atoms with Crippen LogP contribution in [0, 0.1) is 5.82 Å². The van der Waals surface area contributed by atoms with Crippen LogP contribution >= 0.6 is 15.9 Å². The number of ether oxygens (including phenoxy) is 1. The topological polar surface area (TPSA) is 63.7 Å². The molecule has 0 atom stereocenters. The van der Waals surface area contributed by atoms with Gasteiger partial charge in [0.15, 0.2) is 0 Å². The van der Waals surface area contributed by atoms with Crippen molar-refractivity contribution in [3.63, 3.8) is 0 Å². The van der Waals surface area contributed by atoms with Gasteiger partial charge in [-0.3, -0.25) is 4.79 Å². The fourth-order valence-corrected chi connectivity index (χ4v) is 4.07. The summed E-state index contributed by atoms with van der Waals surface area (Å²) in [5.74, 6) is -1.16. The molecule has 0 radical (unpaired) electrons. The highest BCUT2D eigenvalue weighted by molar-refractivity contribution is 9.10. The summed E-state index contributed by atoms with van der Waals surface area (Å²) in [5, 5.41) is 1.70. The van der Waals surface area contributed by atoms with Gasteiger partial charge in [0.2, 0.25) is 10.0 Å². The maximum absolute atomic E-state index is 13.1. The van der Waals surface area contributed by atoms with Gasteiger partial charge in [-0.2, -0.15) is 4.31 Å². The lowest BCUT2D eigenvalue weighted by atomic mass is 10.1. The van der Waals surface area contributed by atoms with E-state index in [1.54, 1.807) is 12.1 Å². The second-order valence-electron chi connectivity index (χ2n) is 5.82. The fraction of sp³-hybridized carbons (Fsp3) is 0.105. The van der Waals surface area contributed by atoms with Gasteiger partial charge in [0, 0.05) is 7.05 Å². The summed E-state index contributed by atoms with van der Waals surface area (Å²) in [4.78, 5) is 12.2. The first-order valence-electron chi connectivity index (χ1n) is 7.88. The molecule has 0 saturated heterocycles. The van der Waals surface area contributed by atoms with E-state index in [2.05, 4.69) is 15.9 Å². The molecular formula is C19H15BrFNO4S. The second kappa shape index (κ2) is 7.75. The Morgan fingerprint density at radius 2 is 1.78 bits per heavy atom. The van der Waals surface area contributed by atoms with Crippen LogP contribution in [0.1, 0.15) is 0 Å². The molecular weight excluding hydrogens is 437 g/mol. The third kappa shape index (κ3) is 4.35. The van der Waals surface area contributed by atoms with Crippen LogP contribution in [-0.2, 0) is 14.8 Å². The van der Waals surface area contributed by atoms with E-state index in [1.165, 1.54) is 19.2 Å². The largest absolute Gasteiger partial charge is 0.424 e. The van der Waals surface area contributed by atoms with E-state index in [0.717, 1.165) is 27.2 Å². The molecule has 8 heteroatoms. The van der Waals surface area contributed by atoms with Crippen LogP contribution in [0.15, 0.2) is 70.0 Å². The molecule has 3 rings (SSSR count). The third-order valence-corrected chi connectivity index (χ3v) is 6.32. The van der Waals surface area contributed by atoms with E-state index < -0.39 is 28.4 Å². The molecule has 0 aromatic heterocycles. The first kappa shape index (κ1) is 19.5. The van der Waals surface area contributed by atoms with Gasteiger partial charge in [-0.1, -0.05) is 30.3 Å². The van der Waals surface area contributed by atoms with E-state index >= 15 is 0 Å². The highest BCUT2D eigenvalue weighted by atomic mass is 79.9. The maximum atomic E-state index is 13.1. The summed E-state index contributed by atoms with van der Waals surface area (Å²) >= 11 is 3.09. The summed E-state index contributed by atoms with van der Waals surface area (Å²) in [7, 11) is -2.58. The molecule has 0 aliphatic heterocycles. The molecule has 0 saturated carbocycles. The van der Waals surface area contributed by atoms with E-state index in [1.807, 2.05) is 24.3 Å².